The third kappa shape index (κ3) is 5.16. The van der Waals surface area contributed by atoms with Crippen molar-refractivity contribution in [2.45, 2.75) is 30.6 Å². The lowest BCUT2D eigenvalue weighted by Crippen LogP contribution is -2.53. The molecule has 6 unspecified atom stereocenters. The molecular formula is C41H34ClIN2O7. The van der Waals surface area contributed by atoms with Crippen molar-refractivity contribution in [2.75, 3.05) is 18.6 Å². The van der Waals surface area contributed by atoms with Crippen molar-refractivity contribution >= 4 is 63.5 Å². The highest BCUT2D eigenvalue weighted by Gasteiger charge is 2.70. The van der Waals surface area contributed by atoms with E-state index in [1.165, 1.54) is 16.9 Å². The van der Waals surface area contributed by atoms with Crippen LogP contribution in [0.25, 0.3) is 0 Å². The number of likely N-dealkylation sites (tertiary alicyclic amines) is 1. The van der Waals surface area contributed by atoms with Gasteiger partial charge >= 0.3 is 0 Å². The van der Waals surface area contributed by atoms with Gasteiger partial charge < -0.3 is 14.9 Å². The number of hydrogen-bond acceptors (Lipinski definition) is 7. The van der Waals surface area contributed by atoms with Gasteiger partial charge in [0.2, 0.25) is 23.6 Å². The number of phenols is 2. The molecule has 8 rings (SSSR count). The maximum Gasteiger partial charge on any atom is 0.246 e. The fraction of sp³-hybridized carbons (Fsp3) is 0.268. The number of imide groups is 2. The molecule has 2 aliphatic heterocycles. The van der Waals surface area contributed by atoms with Crippen LogP contribution in [0.1, 0.15) is 35.4 Å². The molecule has 0 radical (unpaired) electrons. The summed E-state index contributed by atoms with van der Waals surface area (Å²) in [5, 5.41) is 21.0. The van der Waals surface area contributed by atoms with E-state index in [0.717, 1.165) is 11.1 Å². The Bertz CT molecular complexity index is 2170. The van der Waals surface area contributed by atoms with Gasteiger partial charge in [0, 0.05) is 17.5 Å². The number of rotatable bonds is 7. The first-order valence-corrected chi connectivity index (χ1v) is 18.6. The van der Waals surface area contributed by atoms with E-state index in [-0.39, 0.29) is 42.0 Å². The van der Waals surface area contributed by atoms with Crippen molar-refractivity contribution in [3.8, 4) is 17.2 Å². The van der Waals surface area contributed by atoms with Gasteiger partial charge in [0.1, 0.15) is 5.75 Å². The number of anilines is 1. The monoisotopic (exact) mass is 828 g/mol. The lowest BCUT2D eigenvalue weighted by molar-refractivity contribution is -0.140. The maximum atomic E-state index is 15.4. The second-order valence-corrected chi connectivity index (χ2v) is 15.5. The average molecular weight is 829 g/mol. The molecule has 11 heteroatoms. The summed E-state index contributed by atoms with van der Waals surface area (Å²) < 4.78 is 6.11. The van der Waals surface area contributed by atoms with Gasteiger partial charge in [0.25, 0.3) is 0 Å². The number of nitrogens with zero attached hydrogens (tertiary/aromatic N) is 2. The van der Waals surface area contributed by atoms with Crippen LogP contribution in [0.5, 0.6) is 17.2 Å². The number of fused-ring (bicyclic) bond motifs is 4. The zero-order valence-corrected chi connectivity index (χ0v) is 31.0. The van der Waals surface area contributed by atoms with Crippen molar-refractivity contribution < 1.29 is 34.1 Å². The summed E-state index contributed by atoms with van der Waals surface area (Å²) in [7, 11) is 1.46. The van der Waals surface area contributed by atoms with E-state index in [1.807, 2.05) is 65.1 Å². The highest BCUT2D eigenvalue weighted by atomic mass is 127. The van der Waals surface area contributed by atoms with Gasteiger partial charge in [-0.2, -0.15) is 0 Å². The Kier molecular flexibility index (Phi) is 8.65. The second kappa shape index (κ2) is 13.1. The van der Waals surface area contributed by atoms with Gasteiger partial charge in [0.15, 0.2) is 11.5 Å². The van der Waals surface area contributed by atoms with Crippen LogP contribution < -0.4 is 9.64 Å². The Morgan fingerprint density at radius 3 is 2.35 bits per heavy atom. The van der Waals surface area contributed by atoms with Crippen molar-refractivity contribution in [3.63, 3.8) is 0 Å². The van der Waals surface area contributed by atoms with Crippen LogP contribution in [0.3, 0.4) is 0 Å². The quantitative estimate of drug-likeness (QED) is 0.120. The molecule has 2 saturated heterocycles. The van der Waals surface area contributed by atoms with Gasteiger partial charge in [-0.1, -0.05) is 71.8 Å². The smallest absolute Gasteiger partial charge is 0.246 e. The van der Waals surface area contributed by atoms with Crippen molar-refractivity contribution in [2.24, 2.45) is 23.7 Å². The average Bonchev–Trinajstić information content (AvgIpc) is 3.53. The van der Waals surface area contributed by atoms with Crippen molar-refractivity contribution in [1.29, 1.82) is 0 Å². The van der Waals surface area contributed by atoms with Crippen LogP contribution in [0, 0.1) is 27.2 Å². The number of methoxy groups -OCH3 is 1. The summed E-state index contributed by atoms with van der Waals surface area (Å²) in [6, 6.07) is 26.2. The summed E-state index contributed by atoms with van der Waals surface area (Å²) in [5.74, 6) is -4.52. The predicted octanol–water partition coefficient (Wildman–Crippen LogP) is 6.77. The lowest BCUT2D eigenvalue weighted by Gasteiger charge is -2.50. The number of benzene rings is 4. The summed E-state index contributed by atoms with van der Waals surface area (Å²) in [6.45, 7) is 0.186. The van der Waals surface area contributed by atoms with E-state index in [1.54, 1.807) is 54.6 Å². The van der Waals surface area contributed by atoms with Crippen molar-refractivity contribution in [1.82, 2.24) is 4.90 Å². The minimum Gasteiger partial charge on any atom is -0.508 e. The van der Waals surface area contributed by atoms with Crippen LogP contribution in [0.2, 0.25) is 5.02 Å². The van der Waals surface area contributed by atoms with Crippen LogP contribution in [-0.2, 0) is 31.0 Å². The minimum absolute atomic E-state index is 0.0441. The Hall–Kier alpha value is -4.68. The molecule has 2 N–H and O–H groups in total. The SMILES string of the molecule is COc1cc(C2C3=CCC4C(=O)N(CCc5ccc(O)cc5)C(=O)C4C3CC3C(=O)N(c4cccc(Cl)c4)C(=O)C32c2ccccc2)cc(I)c1O. The molecule has 264 valence electrons. The third-order valence-corrected chi connectivity index (χ3v) is 12.5. The Balaban J connectivity index is 1.30. The molecule has 52 heavy (non-hydrogen) atoms. The molecule has 4 aliphatic rings. The number of allylic oxidation sites excluding steroid dienone is 2. The fourth-order valence-electron chi connectivity index (χ4n) is 9.22. The Labute approximate surface area is 319 Å². The van der Waals surface area contributed by atoms with Gasteiger partial charge in [-0.3, -0.25) is 24.1 Å². The first kappa shape index (κ1) is 34.4. The molecule has 1 saturated carbocycles. The zero-order valence-electron chi connectivity index (χ0n) is 28.0. The van der Waals surface area contributed by atoms with Gasteiger partial charge in [0.05, 0.1) is 39.5 Å². The first-order valence-electron chi connectivity index (χ1n) is 17.1. The summed E-state index contributed by atoms with van der Waals surface area (Å²) >= 11 is 8.44. The highest BCUT2D eigenvalue weighted by Crippen LogP contribution is 2.65. The molecule has 0 aromatic heterocycles. The number of aromatic hydroxyl groups is 2. The van der Waals surface area contributed by atoms with Crippen LogP contribution in [-0.4, -0.2) is 52.4 Å². The molecule has 0 bridgehead atoms. The molecule has 2 heterocycles. The molecule has 6 atom stereocenters. The largest absolute Gasteiger partial charge is 0.508 e. The number of carbonyl (C=O) groups is 4. The number of phenolic OH excluding ortho intramolecular Hbond substituents is 2. The number of amides is 4. The maximum absolute atomic E-state index is 15.4. The standard InChI is InChI=1S/C41H34ClIN2O7/c1-52-33-19-23(18-32(43)36(33)47)35-28-14-15-29-34(39(50)44(37(29)48)17-16-22-10-12-27(46)13-11-22)30(28)21-31-38(49)45(26-9-5-8-25(42)20-26)40(51)41(31,35)24-6-3-2-4-7-24/h2-14,18-20,29-31,34-35,46-47H,15-17,21H2,1H3. The molecule has 4 amide bonds. The number of halogens is 2. The van der Waals surface area contributed by atoms with Crippen molar-refractivity contribution in [3.05, 3.63) is 128 Å². The van der Waals surface area contributed by atoms with Crippen LogP contribution in [0.4, 0.5) is 5.69 Å². The van der Waals surface area contributed by atoms with Gasteiger partial charge in [-0.15, -0.1) is 0 Å². The van der Waals surface area contributed by atoms with Gasteiger partial charge in [-0.05, 0) is 107 Å². The zero-order chi connectivity index (χ0) is 36.5. The first-order chi connectivity index (χ1) is 25.1. The molecule has 0 spiro atoms. The molecule has 3 fully saturated rings. The number of ether oxygens (including phenoxy) is 1. The molecule has 2 aliphatic carbocycles. The molecule has 4 aromatic rings. The minimum atomic E-state index is -1.44. The van der Waals surface area contributed by atoms with E-state index in [2.05, 4.69) is 0 Å². The van der Waals surface area contributed by atoms with E-state index in [0.29, 0.717) is 38.2 Å². The predicted molar refractivity (Wildman–Crippen MR) is 202 cm³/mol. The normalized spacial score (nSPS) is 26.6. The van der Waals surface area contributed by atoms with E-state index >= 15 is 4.79 Å². The molecule has 9 nitrogen and oxygen atoms in total. The van der Waals surface area contributed by atoms with E-state index < -0.39 is 46.8 Å². The lowest BCUT2D eigenvalue weighted by atomic mass is 9.49. The number of hydrogen-bond donors (Lipinski definition) is 2. The molecular weight excluding hydrogens is 795 g/mol. The van der Waals surface area contributed by atoms with Crippen LogP contribution >= 0.6 is 34.2 Å². The van der Waals surface area contributed by atoms with E-state index in [4.69, 9.17) is 16.3 Å². The highest BCUT2D eigenvalue weighted by molar-refractivity contribution is 14.1. The Morgan fingerprint density at radius 2 is 1.63 bits per heavy atom. The Morgan fingerprint density at radius 1 is 0.885 bits per heavy atom. The topological polar surface area (TPSA) is 124 Å². The summed E-state index contributed by atoms with van der Waals surface area (Å²) in [5.41, 5.74) is 1.92. The van der Waals surface area contributed by atoms with E-state index in [9.17, 15) is 24.6 Å². The summed E-state index contributed by atoms with van der Waals surface area (Å²) in [4.78, 5) is 61.3. The second-order valence-electron chi connectivity index (χ2n) is 13.9. The third-order valence-electron chi connectivity index (χ3n) is 11.4. The van der Waals surface area contributed by atoms with Crippen LogP contribution in [0.15, 0.2) is 103 Å². The fourth-order valence-corrected chi connectivity index (χ4v) is 10.0. The molecule has 4 aromatic carbocycles. The van der Waals surface area contributed by atoms with Gasteiger partial charge in [-0.25, -0.2) is 4.90 Å². The summed E-state index contributed by atoms with van der Waals surface area (Å²) in [6.07, 6.45) is 2.92. The number of carbonyl (C=O) groups excluding carboxylic acids is 4.